The van der Waals surface area contributed by atoms with E-state index >= 15 is 0 Å². The lowest BCUT2D eigenvalue weighted by Gasteiger charge is -1.97. The fourth-order valence-electron chi connectivity index (χ4n) is 0.872. The van der Waals surface area contributed by atoms with E-state index in [0.717, 1.165) is 12.1 Å². The van der Waals surface area contributed by atoms with Gasteiger partial charge in [0.15, 0.2) is 0 Å². The number of nitrogens with zero attached hydrogens (tertiary/aromatic N) is 1. The van der Waals surface area contributed by atoms with Gasteiger partial charge in [-0.1, -0.05) is 26.2 Å². The van der Waals surface area contributed by atoms with E-state index < -0.39 is 0 Å². The Morgan fingerprint density at radius 3 is 2.50 bits per heavy atom. The van der Waals surface area contributed by atoms with E-state index in [0.29, 0.717) is 0 Å². The van der Waals surface area contributed by atoms with Gasteiger partial charge in [0.05, 0.1) is 0 Å². The zero-order valence-corrected chi connectivity index (χ0v) is 7.06. The molecular formula is C8H18N2. The largest absolute Gasteiger partial charge is 0.323 e. The summed E-state index contributed by atoms with van der Waals surface area (Å²) in [6.07, 6.45) is 6.23. The molecule has 0 fully saturated rings. The second kappa shape index (κ2) is 6.59. The zero-order valence-electron chi connectivity index (χ0n) is 7.06. The van der Waals surface area contributed by atoms with Crippen molar-refractivity contribution in [2.45, 2.75) is 46.0 Å². The third-order valence-corrected chi connectivity index (χ3v) is 1.61. The SMILES string of the molecule is CCCCCC/C(C)=N/N. The van der Waals surface area contributed by atoms with Crippen molar-refractivity contribution in [3.63, 3.8) is 0 Å². The normalized spacial score (nSPS) is 12.0. The molecule has 0 rings (SSSR count). The Balaban J connectivity index is 3.04. The number of nitrogens with two attached hydrogens (primary N) is 1. The van der Waals surface area contributed by atoms with Crippen LogP contribution in [0.25, 0.3) is 0 Å². The van der Waals surface area contributed by atoms with Gasteiger partial charge < -0.3 is 5.84 Å². The van der Waals surface area contributed by atoms with Crippen molar-refractivity contribution in [3.8, 4) is 0 Å². The highest BCUT2D eigenvalue weighted by Crippen LogP contribution is 2.02. The first-order valence-corrected chi connectivity index (χ1v) is 4.04. The van der Waals surface area contributed by atoms with Crippen LogP contribution < -0.4 is 5.84 Å². The Bertz CT molecular complexity index is 97.4. The molecule has 0 atom stereocenters. The molecule has 0 saturated heterocycles. The quantitative estimate of drug-likeness (QED) is 0.272. The van der Waals surface area contributed by atoms with Gasteiger partial charge in [0.2, 0.25) is 0 Å². The number of unbranched alkanes of at least 4 members (excludes halogenated alkanes) is 3. The topological polar surface area (TPSA) is 38.4 Å². The summed E-state index contributed by atoms with van der Waals surface area (Å²) in [6.45, 7) is 4.19. The zero-order chi connectivity index (χ0) is 7.82. The highest BCUT2D eigenvalue weighted by Gasteiger charge is 1.90. The van der Waals surface area contributed by atoms with Crippen LogP contribution in [-0.4, -0.2) is 5.71 Å². The van der Waals surface area contributed by atoms with Crippen LogP contribution in [0.4, 0.5) is 0 Å². The fourth-order valence-corrected chi connectivity index (χ4v) is 0.872. The molecule has 60 valence electrons. The molecule has 0 bridgehead atoms. The predicted molar refractivity (Wildman–Crippen MR) is 46.1 cm³/mol. The van der Waals surface area contributed by atoms with Crippen LogP contribution in [0.2, 0.25) is 0 Å². The molecule has 0 saturated carbocycles. The average Bonchev–Trinajstić information content (AvgIpc) is 1.98. The smallest absolute Gasteiger partial charge is 0.0345 e. The Labute approximate surface area is 63.5 Å². The molecule has 2 heteroatoms. The molecule has 0 radical (unpaired) electrons. The van der Waals surface area contributed by atoms with Gasteiger partial charge in [0.25, 0.3) is 0 Å². The summed E-state index contributed by atoms with van der Waals surface area (Å²) in [7, 11) is 0. The standard InChI is InChI=1S/C8H18N2/c1-3-4-5-6-7-8(2)10-9/h3-7,9H2,1-2H3/b10-8+. The summed E-state index contributed by atoms with van der Waals surface area (Å²) in [5.74, 6) is 5.07. The molecular weight excluding hydrogens is 124 g/mol. The van der Waals surface area contributed by atoms with E-state index in [2.05, 4.69) is 12.0 Å². The van der Waals surface area contributed by atoms with Gasteiger partial charge in [-0.15, -0.1) is 0 Å². The third-order valence-electron chi connectivity index (χ3n) is 1.61. The first kappa shape index (κ1) is 9.47. The van der Waals surface area contributed by atoms with E-state index in [1.54, 1.807) is 0 Å². The van der Waals surface area contributed by atoms with Crippen molar-refractivity contribution in [2.75, 3.05) is 0 Å². The Hall–Kier alpha value is -0.530. The van der Waals surface area contributed by atoms with E-state index in [1.807, 2.05) is 6.92 Å². The van der Waals surface area contributed by atoms with E-state index in [9.17, 15) is 0 Å². The fraction of sp³-hybridized carbons (Fsp3) is 0.875. The Morgan fingerprint density at radius 2 is 2.00 bits per heavy atom. The predicted octanol–water partition coefficient (Wildman–Crippen LogP) is 2.29. The minimum absolute atomic E-state index is 1.07. The molecule has 0 aliphatic heterocycles. The molecule has 0 aliphatic rings. The van der Waals surface area contributed by atoms with Crippen molar-refractivity contribution in [3.05, 3.63) is 0 Å². The van der Waals surface area contributed by atoms with Crippen LogP contribution in [0.15, 0.2) is 5.10 Å². The van der Waals surface area contributed by atoms with Crippen LogP contribution >= 0.6 is 0 Å². The van der Waals surface area contributed by atoms with Crippen LogP contribution in [-0.2, 0) is 0 Å². The van der Waals surface area contributed by atoms with E-state index in [-0.39, 0.29) is 0 Å². The van der Waals surface area contributed by atoms with Gasteiger partial charge in [0, 0.05) is 5.71 Å². The lowest BCUT2D eigenvalue weighted by Crippen LogP contribution is -1.95. The molecule has 0 amide bonds. The van der Waals surface area contributed by atoms with Crippen molar-refractivity contribution >= 4 is 5.71 Å². The maximum atomic E-state index is 5.07. The summed E-state index contributed by atoms with van der Waals surface area (Å²) in [5, 5.41) is 3.60. The third kappa shape index (κ3) is 5.60. The van der Waals surface area contributed by atoms with Crippen molar-refractivity contribution in [1.29, 1.82) is 0 Å². The van der Waals surface area contributed by atoms with Crippen LogP contribution in [0.1, 0.15) is 46.0 Å². The Kier molecular flexibility index (Phi) is 6.24. The van der Waals surface area contributed by atoms with E-state index in [1.165, 1.54) is 25.7 Å². The first-order valence-electron chi connectivity index (χ1n) is 4.04. The van der Waals surface area contributed by atoms with Gasteiger partial charge in [-0.05, 0) is 19.8 Å². The first-order chi connectivity index (χ1) is 4.81. The molecule has 0 aromatic rings. The molecule has 2 nitrogen and oxygen atoms in total. The van der Waals surface area contributed by atoms with E-state index in [4.69, 9.17) is 5.84 Å². The maximum absolute atomic E-state index is 5.07. The second-order valence-electron chi connectivity index (χ2n) is 2.68. The molecule has 2 N–H and O–H groups in total. The highest BCUT2D eigenvalue weighted by atomic mass is 15.1. The number of rotatable bonds is 5. The minimum Gasteiger partial charge on any atom is -0.323 e. The summed E-state index contributed by atoms with van der Waals surface area (Å²) in [5.41, 5.74) is 1.07. The summed E-state index contributed by atoms with van der Waals surface area (Å²) < 4.78 is 0. The van der Waals surface area contributed by atoms with Crippen molar-refractivity contribution in [2.24, 2.45) is 10.9 Å². The monoisotopic (exact) mass is 142 g/mol. The molecule has 0 aromatic heterocycles. The van der Waals surface area contributed by atoms with Crippen LogP contribution in [0, 0.1) is 0 Å². The number of hydrazone groups is 1. The lowest BCUT2D eigenvalue weighted by molar-refractivity contribution is 0.682. The molecule has 10 heavy (non-hydrogen) atoms. The van der Waals surface area contributed by atoms with Gasteiger partial charge in [-0.3, -0.25) is 0 Å². The summed E-state index contributed by atoms with van der Waals surface area (Å²) >= 11 is 0. The van der Waals surface area contributed by atoms with Crippen molar-refractivity contribution in [1.82, 2.24) is 0 Å². The minimum atomic E-state index is 1.07. The van der Waals surface area contributed by atoms with Crippen LogP contribution in [0.3, 0.4) is 0 Å². The second-order valence-corrected chi connectivity index (χ2v) is 2.68. The number of hydrogen-bond donors (Lipinski definition) is 1. The maximum Gasteiger partial charge on any atom is 0.0345 e. The average molecular weight is 142 g/mol. The molecule has 0 aromatic carbocycles. The van der Waals surface area contributed by atoms with Gasteiger partial charge in [-0.2, -0.15) is 5.10 Å². The van der Waals surface area contributed by atoms with Crippen LogP contribution in [0.5, 0.6) is 0 Å². The highest BCUT2D eigenvalue weighted by molar-refractivity contribution is 5.81. The van der Waals surface area contributed by atoms with Gasteiger partial charge in [-0.25, -0.2) is 0 Å². The molecule has 0 aliphatic carbocycles. The molecule has 0 heterocycles. The summed E-state index contributed by atoms with van der Waals surface area (Å²) in [4.78, 5) is 0. The van der Waals surface area contributed by atoms with Gasteiger partial charge in [0.1, 0.15) is 0 Å². The summed E-state index contributed by atoms with van der Waals surface area (Å²) in [6, 6.07) is 0. The van der Waals surface area contributed by atoms with Crippen molar-refractivity contribution < 1.29 is 0 Å². The molecule has 0 spiro atoms. The molecule has 0 unspecified atom stereocenters. The lowest BCUT2D eigenvalue weighted by atomic mass is 10.1. The van der Waals surface area contributed by atoms with Gasteiger partial charge >= 0.3 is 0 Å². The number of hydrogen-bond acceptors (Lipinski definition) is 2. The Morgan fingerprint density at radius 1 is 1.30 bits per heavy atom.